The van der Waals surface area contributed by atoms with Crippen LogP contribution in [-0.4, -0.2) is 49.2 Å². The molecule has 0 saturated carbocycles. The lowest BCUT2D eigenvalue weighted by atomic mass is 10.0. The van der Waals surface area contributed by atoms with Crippen LogP contribution in [0.25, 0.3) is 10.9 Å². The van der Waals surface area contributed by atoms with Gasteiger partial charge in [0.05, 0.1) is 12.1 Å². The lowest BCUT2D eigenvalue weighted by Crippen LogP contribution is -2.46. The zero-order valence-electron chi connectivity index (χ0n) is 19.8. The quantitative estimate of drug-likeness (QED) is 0.283. The molecule has 1 fully saturated rings. The maximum atomic E-state index is 13.1. The predicted molar refractivity (Wildman–Crippen MR) is 143 cm³/mol. The van der Waals surface area contributed by atoms with Gasteiger partial charge in [-0.3, -0.25) is 9.88 Å². The van der Waals surface area contributed by atoms with E-state index < -0.39 is 0 Å². The van der Waals surface area contributed by atoms with E-state index in [1.54, 1.807) is 0 Å². The Morgan fingerprint density at radius 1 is 0.829 bits per heavy atom. The van der Waals surface area contributed by atoms with Crippen LogP contribution in [-0.2, 0) is 6.42 Å². The third-order valence-electron chi connectivity index (χ3n) is 6.46. The smallest absolute Gasteiger partial charge is 0.123 e. The second kappa shape index (κ2) is 12.0. The monoisotopic (exact) mass is 491 g/mol. The number of rotatable bonds is 8. The van der Waals surface area contributed by atoms with Crippen molar-refractivity contribution in [3.63, 3.8) is 0 Å². The molecule has 0 amide bonds. The third-order valence-corrected chi connectivity index (χ3v) is 6.46. The van der Waals surface area contributed by atoms with Crippen LogP contribution in [0, 0.1) is 5.82 Å². The van der Waals surface area contributed by atoms with Crippen LogP contribution in [0.2, 0.25) is 0 Å². The second-order valence-electron chi connectivity index (χ2n) is 8.86. The molecule has 1 aromatic heterocycles. The summed E-state index contributed by atoms with van der Waals surface area (Å²) in [5, 5.41) is 1.11. The van der Waals surface area contributed by atoms with Gasteiger partial charge in [0.1, 0.15) is 11.6 Å². The van der Waals surface area contributed by atoms with Crippen LogP contribution in [0.1, 0.15) is 17.5 Å². The lowest BCUT2D eigenvalue weighted by molar-refractivity contribution is 0.225. The molecule has 1 aliphatic heterocycles. The van der Waals surface area contributed by atoms with Gasteiger partial charge in [0.25, 0.3) is 0 Å². The minimum atomic E-state index is -0.187. The Labute approximate surface area is 212 Å². The average Bonchev–Trinajstić information content (AvgIpc) is 2.89. The number of pyridine rings is 1. The molecule has 5 rings (SSSR count). The molecule has 0 radical (unpaired) electrons. The van der Waals surface area contributed by atoms with Gasteiger partial charge in [-0.2, -0.15) is 0 Å². The van der Waals surface area contributed by atoms with E-state index in [1.807, 2.05) is 36.5 Å². The van der Waals surface area contributed by atoms with Crippen molar-refractivity contribution in [3.8, 4) is 5.75 Å². The van der Waals surface area contributed by atoms with Crippen LogP contribution in [0.5, 0.6) is 5.75 Å². The molecule has 2 heterocycles. The molecular formula is C29H31ClFN3O. The molecule has 1 aliphatic rings. The lowest BCUT2D eigenvalue weighted by Gasteiger charge is -2.36. The van der Waals surface area contributed by atoms with Gasteiger partial charge >= 0.3 is 0 Å². The number of nitrogens with zero attached hydrogens (tertiary/aromatic N) is 3. The van der Waals surface area contributed by atoms with Crippen molar-refractivity contribution in [2.45, 2.75) is 12.8 Å². The van der Waals surface area contributed by atoms with E-state index in [1.165, 1.54) is 23.4 Å². The van der Waals surface area contributed by atoms with Crippen LogP contribution >= 0.6 is 12.4 Å². The SMILES string of the molecule is Cl.Fc1ccc(Cc2ccc(N3CCN(CCCOc4ccc5ncccc5c4)CC3)cc2)cc1. The number of aromatic nitrogens is 1. The zero-order valence-corrected chi connectivity index (χ0v) is 20.6. The maximum Gasteiger partial charge on any atom is 0.123 e. The largest absolute Gasteiger partial charge is 0.494 e. The van der Waals surface area contributed by atoms with Crippen LogP contribution in [0.3, 0.4) is 0 Å². The minimum absolute atomic E-state index is 0. The standard InChI is InChI=1S/C29H30FN3O.ClH/c30-26-8-4-23(5-9-26)21-24-6-10-27(11-7-24)33-18-16-32(17-19-33)15-2-20-34-28-12-13-29-25(22-28)3-1-14-31-29;/h1,3-14,22H,2,15-21H2;1H. The van der Waals surface area contributed by atoms with Crippen molar-refractivity contribution in [2.75, 3.05) is 44.2 Å². The summed E-state index contributed by atoms with van der Waals surface area (Å²) >= 11 is 0. The number of piperazine rings is 1. The van der Waals surface area contributed by atoms with E-state index in [2.05, 4.69) is 51.2 Å². The first-order valence-corrected chi connectivity index (χ1v) is 12.0. The maximum absolute atomic E-state index is 13.1. The average molecular weight is 492 g/mol. The fraction of sp³-hybridized carbons (Fsp3) is 0.276. The molecule has 0 spiro atoms. The molecule has 0 unspecified atom stereocenters. The summed E-state index contributed by atoms with van der Waals surface area (Å²) in [5.74, 6) is 0.724. The summed E-state index contributed by atoms with van der Waals surface area (Å²) in [6.45, 7) is 5.99. The number of hydrogen-bond acceptors (Lipinski definition) is 4. The van der Waals surface area contributed by atoms with Crippen LogP contribution < -0.4 is 9.64 Å². The highest BCUT2D eigenvalue weighted by Gasteiger charge is 2.17. The molecule has 4 nitrogen and oxygen atoms in total. The van der Waals surface area contributed by atoms with Crippen molar-refractivity contribution >= 4 is 29.0 Å². The Bertz CT molecular complexity index is 1210. The first-order valence-electron chi connectivity index (χ1n) is 12.0. The Morgan fingerprint density at radius 2 is 1.54 bits per heavy atom. The molecule has 35 heavy (non-hydrogen) atoms. The van der Waals surface area contributed by atoms with E-state index in [9.17, 15) is 4.39 Å². The molecule has 6 heteroatoms. The first kappa shape index (κ1) is 25.0. The van der Waals surface area contributed by atoms with Gasteiger partial charge in [0.15, 0.2) is 0 Å². The van der Waals surface area contributed by atoms with E-state index in [0.717, 1.165) is 74.4 Å². The molecule has 1 saturated heterocycles. The molecule has 0 aliphatic carbocycles. The highest BCUT2D eigenvalue weighted by atomic mass is 35.5. The Hall–Kier alpha value is -3.15. The second-order valence-corrected chi connectivity index (χ2v) is 8.86. The summed E-state index contributed by atoms with van der Waals surface area (Å²) in [6.07, 6.45) is 3.66. The van der Waals surface area contributed by atoms with Crippen LogP contribution in [0.4, 0.5) is 10.1 Å². The topological polar surface area (TPSA) is 28.6 Å². The molecular weight excluding hydrogens is 461 g/mol. The summed E-state index contributed by atoms with van der Waals surface area (Å²) in [6, 6.07) is 25.6. The summed E-state index contributed by atoms with van der Waals surface area (Å²) in [5.41, 5.74) is 4.65. The fourth-order valence-electron chi connectivity index (χ4n) is 4.51. The van der Waals surface area contributed by atoms with E-state index in [0.29, 0.717) is 0 Å². The Morgan fingerprint density at radius 3 is 2.29 bits per heavy atom. The first-order chi connectivity index (χ1) is 16.7. The van der Waals surface area contributed by atoms with Gasteiger partial charge in [-0.15, -0.1) is 12.4 Å². The number of fused-ring (bicyclic) bond motifs is 1. The fourth-order valence-corrected chi connectivity index (χ4v) is 4.51. The van der Waals surface area contributed by atoms with Gasteiger partial charge in [0.2, 0.25) is 0 Å². The zero-order chi connectivity index (χ0) is 23.2. The molecule has 182 valence electrons. The molecule has 3 aromatic carbocycles. The predicted octanol–water partition coefficient (Wildman–Crippen LogP) is 5.98. The number of hydrogen-bond donors (Lipinski definition) is 0. The highest BCUT2D eigenvalue weighted by Crippen LogP contribution is 2.21. The van der Waals surface area contributed by atoms with Gasteiger partial charge in [0, 0.05) is 50.0 Å². The van der Waals surface area contributed by atoms with Crippen molar-refractivity contribution < 1.29 is 9.13 Å². The minimum Gasteiger partial charge on any atom is -0.494 e. The van der Waals surface area contributed by atoms with E-state index in [-0.39, 0.29) is 18.2 Å². The van der Waals surface area contributed by atoms with Crippen LogP contribution in [0.15, 0.2) is 85.1 Å². The normalized spacial score (nSPS) is 14.0. The number of anilines is 1. The van der Waals surface area contributed by atoms with Crippen molar-refractivity contribution in [2.24, 2.45) is 0 Å². The van der Waals surface area contributed by atoms with Gasteiger partial charge < -0.3 is 9.64 Å². The Balaban J connectivity index is 0.00000289. The van der Waals surface area contributed by atoms with E-state index in [4.69, 9.17) is 4.74 Å². The number of halogens is 2. The number of ether oxygens (including phenoxy) is 1. The molecule has 0 bridgehead atoms. The summed E-state index contributed by atoms with van der Waals surface area (Å²) in [7, 11) is 0. The molecule has 0 atom stereocenters. The molecule has 4 aromatic rings. The highest BCUT2D eigenvalue weighted by molar-refractivity contribution is 5.85. The van der Waals surface area contributed by atoms with Gasteiger partial charge in [-0.25, -0.2) is 4.39 Å². The van der Waals surface area contributed by atoms with Crippen molar-refractivity contribution in [1.82, 2.24) is 9.88 Å². The third kappa shape index (κ3) is 6.71. The van der Waals surface area contributed by atoms with Gasteiger partial charge in [-0.1, -0.05) is 30.3 Å². The summed E-state index contributed by atoms with van der Waals surface area (Å²) < 4.78 is 19.1. The van der Waals surface area contributed by atoms with Gasteiger partial charge in [-0.05, 0) is 72.5 Å². The van der Waals surface area contributed by atoms with Crippen molar-refractivity contribution in [3.05, 3.63) is 102 Å². The van der Waals surface area contributed by atoms with Crippen molar-refractivity contribution in [1.29, 1.82) is 0 Å². The Kier molecular flexibility index (Phi) is 8.56. The molecule has 0 N–H and O–H groups in total. The number of benzene rings is 3. The summed E-state index contributed by atoms with van der Waals surface area (Å²) in [4.78, 5) is 9.33. The van der Waals surface area contributed by atoms with E-state index >= 15 is 0 Å².